The maximum absolute atomic E-state index is 10.3. The number of hydrogen-bond donors (Lipinski definition) is 1. The predicted octanol–water partition coefficient (Wildman–Crippen LogP) is 2.63. The molecule has 0 atom stereocenters. The van der Waals surface area contributed by atoms with E-state index in [2.05, 4.69) is 0 Å². The Balaban J connectivity index is 2.69. The summed E-state index contributed by atoms with van der Waals surface area (Å²) in [4.78, 5) is 10.3. The monoisotopic (exact) mass is 192 g/mol. The van der Waals surface area contributed by atoms with Crippen molar-refractivity contribution >= 4 is 12.0 Å². The lowest BCUT2D eigenvalue weighted by Crippen LogP contribution is -1.87. The molecule has 0 aliphatic carbocycles. The van der Waals surface area contributed by atoms with Crippen molar-refractivity contribution in [2.45, 2.75) is 13.8 Å². The Hall–Kier alpha value is -1.77. The lowest BCUT2D eigenvalue weighted by molar-refractivity contribution is -0.131. The highest BCUT2D eigenvalue weighted by molar-refractivity contribution is 5.81. The largest absolute Gasteiger partial charge is 0.478 e. The number of furan rings is 1. The van der Waals surface area contributed by atoms with E-state index in [-0.39, 0.29) is 0 Å². The molecule has 3 nitrogen and oxygen atoms in total. The van der Waals surface area contributed by atoms with E-state index in [0.717, 1.165) is 17.6 Å². The van der Waals surface area contributed by atoms with Gasteiger partial charge in [-0.1, -0.05) is 6.08 Å². The minimum absolute atomic E-state index is 0.673. The molecule has 0 amide bonds. The molecule has 0 radical (unpaired) electrons. The van der Waals surface area contributed by atoms with Crippen LogP contribution in [0.2, 0.25) is 0 Å². The Bertz CT molecular complexity index is 383. The van der Waals surface area contributed by atoms with E-state index >= 15 is 0 Å². The SMILES string of the molecule is CC(=C/C(=O)O)/C=C/c1ccc(C)o1. The minimum atomic E-state index is -0.942. The van der Waals surface area contributed by atoms with Crippen LogP contribution in [0.3, 0.4) is 0 Å². The fourth-order valence-electron chi connectivity index (χ4n) is 0.999. The van der Waals surface area contributed by atoms with Crippen molar-refractivity contribution in [2.24, 2.45) is 0 Å². The van der Waals surface area contributed by atoms with Crippen LogP contribution in [0.15, 0.2) is 34.3 Å². The third-order valence-corrected chi connectivity index (χ3v) is 1.62. The van der Waals surface area contributed by atoms with E-state index in [9.17, 15) is 4.79 Å². The van der Waals surface area contributed by atoms with Gasteiger partial charge in [0.1, 0.15) is 11.5 Å². The Morgan fingerprint density at radius 1 is 1.50 bits per heavy atom. The van der Waals surface area contributed by atoms with Crippen molar-refractivity contribution < 1.29 is 14.3 Å². The molecule has 14 heavy (non-hydrogen) atoms. The van der Waals surface area contributed by atoms with Gasteiger partial charge in [-0.05, 0) is 37.6 Å². The van der Waals surface area contributed by atoms with Gasteiger partial charge in [0.05, 0.1) is 0 Å². The molecule has 0 fully saturated rings. The Labute approximate surface area is 82.4 Å². The molecule has 0 saturated carbocycles. The first-order chi connectivity index (χ1) is 6.58. The van der Waals surface area contributed by atoms with Crippen LogP contribution in [0.4, 0.5) is 0 Å². The first-order valence-corrected chi connectivity index (χ1v) is 4.23. The fraction of sp³-hybridized carbons (Fsp3) is 0.182. The molecule has 0 aromatic carbocycles. The van der Waals surface area contributed by atoms with Gasteiger partial charge >= 0.3 is 5.97 Å². The van der Waals surface area contributed by atoms with Crippen molar-refractivity contribution in [3.05, 3.63) is 41.4 Å². The van der Waals surface area contributed by atoms with E-state index in [1.54, 1.807) is 19.1 Å². The molecule has 0 aliphatic heterocycles. The fourth-order valence-corrected chi connectivity index (χ4v) is 0.999. The van der Waals surface area contributed by atoms with Gasteiger partial charge in [0.2, 0.25) is 0 Å². The second kappa shape index (κ2) is 4.46. The Kier molecular flexibility index (Phi) is 3.29. The molecule has 0 unspecified atom stereocenters. The van der Waals surface area contributed by atoms with Crippen molar-refractivity contribution in [1.82, 2.24) is 0 Å². The molecule has 0 aliphatic rings. The van der Waals surface area contributed by atoms with Crippen LogP contribution < -0.4 is 0 Å². The zero-order chi connectivity index (χ0) is 10.6. The highest BCUT2D eigenvalue weighted by Crippen LogP contribution is 2.09. The molecular weight excluding hydrogens is 180 g/mol. The normalized spacial score (nSPS) is 12.3. The lowest BCUT2D eigenvalue weighted by Gasteiger charge is -1.88. The van der Waals surface area contributed by atoms with Gasteiger partial charge in [-0.25, -0.2) is 4.79 Å². The average molecular weight is 192 g/mol. The number of rotatable bonds is 3. The summed E-state index contributed by atoms with van der Waals surface area (Å²) in [5.74, 6) is 0.618. The van der Waals surface area contributed by atoms with Crippen LogP contribution in [0.1, 0.15) is 18.4 Å². The molecular formula is C11H12O3. The van der Waals surface area contributed by atoms with Crippen LogP contribution in [-0.4, -0.2) is 11.1 Å². The topological polar surface area (TPSA) is 50.4 Å². The molecule has 1 aromatic heterocycles. The second-order valence-electron chi connectivity index (χ2n) is 3.01. The molecule has 0 spiro atoms. The maximum atomic E-state index is 10.3. The lowest BCUT2D eigenvalue weighted by atomic mass is 10.2. The molecule has 3 heteroatoms. The first kappa shape index (κ1) is 10.3. The van der Waals surface area contributed by atoms with Crippen LogP contribution in [0.5, 0.6) is 0 Å². The summed E-state index contributed by atoms with van der Waals surface area (Å²) >= 11 is 0. The van der Waals surface area contributed by atoms with Gasteiger partial charge in [-0.3, -0.25) is 0 Å². The quantitative estimate of drug-likeness (QED) is 0.591. The Morgan fingerprint density at radius 2 is 2.21 bits per heavy atom. The van der Waals surface area contributed by atoms with Crippen LogP contribution in [0.25, 0.3) is 6.08 Å². The number of aliphatic carboxylic acids is 1. The molecule has 1 N–H and O–H groups in total. The molecule has 1 aromatic rings. The standard InChI is InChI=1S/C11H12O3/c1-8(7-11(12)13)3-5-10-6-4-9(2)14-10/h3-7H,1-2H3,(H,12,13)/b5-3+,8-7-. The third kappa shape index (κ3) is 3.31. The molecule has 1 heterocycles. The van der Waals surface area contributed by atoms with Crippen molar-refractivity contribution in [1.29, 1.82) is 0 Å². The van der Waals surface area contributed by atoms with E-state index in [1.807, 2.05) is 19.1 Å². The first-order valence-electron chi connectivity index (χ1n) is 4.23. The highest BCUT2D eigenvalue weighted by Gasteiger charge is 1.93. The number of carboxylic acid groups (broad SMARTS) is 1. The van der Waals surface area contributed by atoms with Gasteiger partial charge in [0, 0.05) is 6.08 Å². The van der Waals surface area contributed by atoms with Crippen molar-refractivity contribution in [2.75, 3.05) is 0 Å². The summed E-state index contributed by atoms with van der Waals surface area (Å²) in [6, 6.07) is 3.69. The summed E-state index contributed by atoms with van der Waals surface area (Å²) in [5, 5.41) is 8.45. The molecule has 1 rings (SSSR count). The van der Waals surface area contributed by atoms with E-state index in [1.165, 1.54) is 0 Å². The van der Waals surface area contributed by atoms with E-state index in [0.29, 0.717) is 5.57 Å². The number of aryl methyl sites for hydroxylation is 1. The predicted molar refractivity (Wildman–Crippen MR) is 53.9 cm³/mol. The zero-order valence-electron chi connectivity index (χ0n) is 8.15. The van der Waals surface area contributed by atoms with Crippen molar-refractivity contribution in [3.63, 3.8) is 0 Å². The third-order valence-electron chi connectivity index (χ3n) is 1.62. The van der Waals surface area contributed by atoms with E-state index in [4.69, 9.17) is 9.52 Å². The van der Waals surface area contributed by atoms with Gasteiger partial charge in [0.15, 0.2) is 0 Å². The van der Waals surface area contributed by atoms with Crippen LogP contribution >= 0.6 is 0 Å². The Morgan fingerprint density at radius 3 is 2.71 bits per heavy atom. The summed E-state index contributed by atoms with van der Waals surface area (Å²) in [7, 11) is 0. The number of carbonyl (C=O) groups is 1. The summed E-state index contributed by atoms with van der Waals surface area (Å²) in [6.45, 7) is 3.58. The van der Waals surface area contributed by atoms with Crippen LogP contribution in [0, 0.1) is 6.92 Å². The number of allylic oxidation sites excluding steroid dienone is 2. The smallest absolute Gasteiger partial charge is 0.328 e. The summed E-state index contributed by atoms with van der Waals surface area (Å²) < 4.78 is 5.28. The van der Waals surface area contributed by atoms with Crippen molar-refractivity contribution in [3.8, 4) is 0 Å². The highest BCUT2D eigenvalue weighted by atomic mass is 16.4. The molecule has 0 saturated heterocycles. The van der Waals surface area contributed by atoms with Gasteiger partial charge in [-0.2, -0.15) is 0 Å². The number of hydrogen-bond acceptors (Lipinski definition) is 2. The minimum Gasteiger partial charge on any atom is -0.478 e. The van der Waals surface area contributed by atoms with Gasteiger partial charge in [-0.15, -0.1) is 0 Å². The van der Waals surface area contributed by atoms with Crippen LogP contribution in [-0.2, 0) is 4.79 Å². The van der Waals surface area contributed by atoms with Gasteiger partial charge < -0.3 is 9.52 Å². The van der Waals surface area contributed by atoms with E-state index < -0.39 is 5.97 Å². The second-order valence-corrected chi connectivity index (χ2v) is 3.01. The summed E-state index contributed by atoms with van der Waals surface area (Å²) in [6.07, 6.45) is 4.58. The molecule has 74 valence electrons. The number of carboxylic acids is 1. The summed E-state index contributed by atoms with van der Waals surface area (Å²) in [5.41, 5.74) is 0.673. The van der Waals surface area contributed by atoms with Gasteiger partial charge in [0.25, 0.3) is 0 Å². The molecule has 0 bridgehead atoms. The zero-order valence-corrected chi connectivity index (χ0v) is 8.15. The maximum Gasteiger partial charge on any atom is 0.328 e. The average Bonchev–Trinajstić information content (AvgIpc) is 2.47.